The molecule has 0 aromatic heterocycles. The van der Waals surface area contributed by atoms with Gasteiger partial charge in [0.25, 0.3) is 5.69 Å². The number of anilines is 1. The zero-order valence-electron chi connectivity index (χ0n) is 12.6. The number of nitrogens with one attached hydrogen (secondary N) is 1. The number of halogens is 1. The van der Waals surface area contributed by atoms with Gasteiger partial charge < -0.3 is 14.8 Å². The molecule has 0 spiro atoms. The second-order valence-electron chi connectivity index (χ2n) is 4.96. The van der Waals surface area contributed by atoms with E-state index in [1.807, 2.05) is 6.08 Å². The molecule has 0 radical (unpaired) electrons. The first-order chi connectivity index (χ1) is 11.0. The first kappa shape index (κ1) is 17.2. The number of hydrogen-bond acceptors (Lipinski definition) is 6. The second kappa shape index (κ2) is 7.94. The molecule has 0 saturated carbocycles. The van der Waals surface area contributed by atoms with Gasteiger partial charge in [-0.15, -0.1) is 0 Å². The minimum absolute atomic E-state index is 0.0291. The third-order valence-corrected chi connectivity index (χ3v) is 3.82. The molecule has 0 atom stereocenters. The number of methoxy groups -OCH3 is 1. The van der Waals surface area contributed by atoms with Crippen molar-refractivity contribution in [1.82, 2.24) is 0 Å². The lowest BCUT2D eigenvalue weighted by atomic mass is 10.1. The molecule has 1 aromatic carbocycles. The Hall–Kier alpha value is -2.12. The third-order valence-electron chi connectivity index (χ3n) is 3.51. The predicted octanol–water partition coefficient (Wildman–Crippen LogP) is 3.18. The molecule has 23 heavy (non-hydrogen) atoms. The van der Waals surface area contributed by atoms with Gasteiger partial charge in [0.05, 0.1) is 35.8 Å². The van der Waals surface area contributed by atoms with Crippen molar-refractivity contribution < 1.29 is 19.2 Å². The van der Waals surface area contributed by atoms with Crippen LogP contribution in [0.15, 0.2) is 23.8 Å². The largest absolute Gasteiger partial charge is 0.465 e. The molecule has 7 nitrogen and oxygen atoms in total. The summed E-state index contributed by atoms with van der Waals surface area (Å²) in [5.74, 6) is -0.711. The number of hydrogen-bond donors (Lipinski definition) is 1. The molecule has 8 heteroatoms. The van der Waals surface area contributed by atoms with Crippen LogP contribution in [0, 0.1) is 10.1 Å². The van der Waals surface area contributed by atoms with E-state index in [1.165, 1.54) is 18.7 Å². The van der Waals surface area contributed by atoms with Crippen LogP contribution < -0.4 is 5.32 Å². The quantitative estimate of drug-likeness (QED) is 0.370. The minimum atomic E-state index is -0.711. The van der Waals surface area contributed by atoms with Crippen LogP contribution in [0.4, 0.5) is 11.4 Å². The zero-order valence-corrected chi connectivity index (χ0v) is 13.4. The van der Waals surface area contributed by atoms with E-state index in [2.05, 4.69) is 10.1 Å². The van der Waals surface area contributed by atoms with Crippen molar-refractivity contribution in [3.8, 4) is 0 Å². The molecule has 1 aromatic rings. The number of nitrogens with zero attached hydrogens (tertiary/aromatic N) is 1. The van der Waals surface area contributed by atoms with Crippen LogP contribution in [-0.2, 0) is 9.47 Å². The average Bonchev–Trinajstić information content (AvgIpc) is 2.55. The van der Waals surface area contributed by atoms with E-state index in [-0.39, 0.29) is 22.0 Å². The van der Waals surface area contributed by atoms with Crippen molar-refractivity contribution in [2.45, 2.75) is 12.8 Å². The van der Waals surface area contributed by atoms with E-state index in [0.29, 0.717) is 19.8 Å². The normalized spacial score (nSPS) is 14.1. The lowest BCUT2D eigenvalue weighted by molar-refractivity contribution is -0.384. The van der Waals surface area contributed by atoms with Gasteiger partial charge in [0.1, 0.15) is 5.69 Å². The van der Waals surface area contributed by atoms with E-state index in [1.54, 1.807) is 0 Å². The Kier molecular flexibility index (Phi) is 5.95. The number of ether oxygens (including phenoxy) is 2. The Balaban J connectivity index is 2.13. The third kappa shape index (κ3) is 4.43. The molecule has 0 bridgehead atoms. The van der Waals surface area contributed by atoms with Crippen molar-refractivity contribution in [3.05, 3.63) is 44.5 Å². The van der Waals surface area contributed by atoms with Gasteiger partial charge in [-0.2, -0.15) is 0 Å². The van der Waals surface area contributed by atoms with Crippen molar-refractivity contribution in [3.63, 3.8) is 0 Å². The van der Waals surface area contributed by atoms with E-state index < -0.39 is 10.9 Å². The highest BCUT2D eigenvalue weighted by molar-refractivity contribution is 6.34. The number of nitro groups is 1. The maximum atomic E-state index is 11.6. The van der Waals surface area contributed by atoms with Gasteiger partial charge in [-0.1, -0.05) is 23.3 Å². The summed E-state index contributed by atoms with van der Waals surface area (Å²) in [4.78, 5) is 22.2. The van der Waals surface area contributed by atoms with Crippen LogP contribution in [0.3, 0.4) is 0 Å². The molecule has 1 aliphatic heterocycles. The molecule has 0 aliphatic carbocycles. The molecule has 1 heterocycles. The lowest BCUT2D eigenvalue weighted by Crippen LogP contribution is -2.10. The molecule has 1 aliphatic rings. The van der Waals surface area contributed by atoms with Crippen LogP contribution in [-0.4, -0.2) is 37.8 Å². The summed E-state index contributed by atoms with van der Waals surface area (Å²) < 4.78 is 9.80. The highest BCUT2D eigenvalue weighted by Gasteiger charge is 2.21. The maximum Gasteiger partial charge on any atom is 0.339 e. The van der Waals surface area contributed by atoms with Crippen molar-refractivity contribution >= 4 is 28.9 Å². The average molecular weight is 341 g/mol. The predicted molar refractivity (Wildman–Crippen MR) is 86.1 cm³/mol. The number of esters is 1. The summed E-state index contributed by atoms with van der Waals surface area (Å²) in [6, 6.07) is 2.51. The van der Waals surface area contributed by atoms with Gasteiger partial charge >= 0.3 is 5.97 Å². The van der Waals surface area contributed by atoms with Gasteiger partial charge in [-0.05, 0) is 18.9 Å². The zero-order chi connectivity index (χ0) is 16.8. The molecule has 0 saturated heterocycles. The molecule has 0 fully saturated rings. The second-order valence-corrected chi connectivity index (χ2v) is 5.37. The number of carbonyl (C=O) groups excluding carboxylic acids is 1. The van der Waals surface area contributed by atoms with Gasteiger partial charge in [0.2, 0.25) is 0 Å². The first-order valence-corrected chi connectivity index (χ1v) is 7.46. The molecular weight excluding hydrogens is 324 g/mol. The summed E-state index contributed by atoms with van der Waals surface area (Å²) in [6.07, 6.45) is 3.65. The fourth-order valence-corrected chi connectivity index (χ4v) is 2.51. The SMILES string of the molecule is COC(=O)c1cc([N+](=O)[O-])c(NCCC2=CCOCC2)cc1Cl. The Morgan fingerprint density at radius 2 is 2.30 bits per heavy atom. The fraction of sp³-hybridized carbons (Fsp3) is 0.400. The van der Waals surface area contributed by atoms with Crippen LogP contribution >= 0.6 is 11.6 Å². The topological polar surface area (TPSA) is 90.7 Å². The Labute approximate surface area is 138 Å². The van der Waals surface area contributed by atoms with Gasteiger partial charge in [0, 0.05) is 12.6 Å². The van der Waals surface area contributed by atoms with Gasteiger partial charge in [-0.25, -0.2) is 4.79 Å². The van der Waals surface area contributed by atoms with Crippen molar-refractivity contribution in [2.75, 3.05) is 32.2 Å². The summed E-state index contributed by atoms with van der Waals surface area (Å²) >= 11 is 6.02. The molecule has 2 rings (SSSR count). The summed E-state index contributed by atoms with van der Waals surface area (Å²) in [7, 11) is 1.19. The smallest absolute Gasteiger partial charge is 0.339 e. The Morgan fingerprint density at radius 1 is 1.52 bits per heavy atom. The molecule has 1 N–H and O–H groups in total. The highest BCUT2D eigenvalue weighted by atomic mass is 35.5. The Morgan fingerprint density at radius 3 is 2.91 bits per heavy atom. The minimum Gasteiger partial charge on any atom is -0.465 e. The van der Waals surface area contributed by atoms with Crippen LogP contribution in [0.5, 0.6) is 0 Å². The summed E-state index contributed by atoms with van der Waals surface area (Å²) in [5.41, 5.74) is 1.29. The standard InChI is InChI=1S/C15H17ClN2O5/c1-22-15(19)11-8-14(18(20)21)13(9-12(11)16)17-5-2-10-3-6-23-7-4-10/h3,8-9,17H,2,4-7H2,1H3. The van der Waals surface area contributed by atoms with E-state index in [9.17, 15) is 14.9 Å². The summed E-state index contributed by atoms with van der Waals surface area (Å²) in [6.45, 7) is 1.83. The van der Waals surface area contributed by atoms with Gasteiger partial charge in [0.15, 0.2) is 0 Å². The number of carbonyl (C=O) groups is 1. The van der Waals surface area contributed by atoms with Crippen LogP contribution in [0.1, 0.15) is 23.2 Å². The molecule has 0 unspecified atom stereocenters. The van der Waals surface area contributed by atoms with Crippen molar-refractivity contribution in [2.24, 2.45) is 0 Å². The molecular formula is C15H17ClN2O5. The monoisotopic (exact) mass is 340 g/mol. The van der Waals surface area contributed by atoms with Gasteiger partial charge in [-0.3, -0.25) is 10.1 Å². The fourth-order valence-electron chi connectivity index (χ4n) is 2.27. The van der Waals surface area contributed by atoms with Crippen LogP contribution in [0.25, 0.3) is 0 Å². The van der Waals surface area contributed by atoms with Crippen molar-refractivity contribution in [1.29, 1.82) is 0 Å². The molecule has 0 amide bonds. The Bertz CT molecular complexity index is 645. The summed E-state index contributed by atoms with van der Waals surface area (Å²) in [5, 5.41) is 14.3. The highest BCUT2D eigenvalue weighted by Crippen LogP contribution is 2.31. The number of benzene rings is 1. The van der Waals surface area contributed by atoms with E-state index in [4.69, 9.17) is 16.3 Å². The maximum absolute atomic E-state index is 11.6. The number of rotatable bonds is 6. The van der Waals surface area contributed by atoms with E-state index in [0.717, 1.165) is 18.9 Å². The first-order valence-electron chi connectivity index (χ1n) is 7.08. The van der Waals surface area contributed by atoms with E-state index >= 15 is 0 Å². The lowest BCUT2D eigenvalue weighted by Gasteiger charge is -2.14. The number of nitro benzene ring substituents is 1. The molecule has 124 valence electrons. The van der Waals surface area contributed by atoms with Crippen LogP contribution in [0.2, 0.25) is 5.02 Å².